The summed E-state index contributed by atoms with van der Waals surface area (Å²) in [5.74, 6) is 0. The molecule has 2 aromatic rings. The number of aliphatic hydroxyl groups is 1. The zero-order valence-corrected chi connectivity index (χ0v) is 12.7. The monoisotopic (exact) mass is 327 g/mol. The van der Waals surface area contributed by atoms with Crippen molar-refractivity contribution in [3.63, 3.8) is 0 Å². The first-order valence-corrected chi connectivity index (χ1v) is 7.30. The van der Waals surface area contributed by atoms with Crippen LogP contribution in [0.1, 0.15) is 11.0 Å². The van der Waals surface area contributed by atoms with Crippen molar-refractivity contribution in [1.82, 2.24) is 9.88 Å². The molecular weight excluding hydrogens is 314 g/mol. The van der Waals surface area contributed by atoms with E-state index in [0.29, 0.717) is 14.9 Å². The SMILES string of the molecule is Cn1cc(NC(=O)NCC(O)c2ccc(Cl)s2)ccc1=O. The van der Waals surface area contributed by atoms with Gasteiger partial charge in [-0.1, -0.05) is 11.6 Å². The summed E-state index contributed by atoms with van der Waals surface area (Å²) in [6, 6.07) is 5.81. The highest BCUT2D eigenvalue weighted by Crippen LogP contribution is 2.26. The molecule has 0 aliphatic heterocycles. The van der Waals surface area contributed by atoms with Crippen LogP contribution in [0.2, 0.25) is 4.34 Å². The number of aromatic nitrogens is 1. The van der Waals surface area contributed by atoms with Gasteiger partial charge >= 0.3 is 6.03 Å². The van der Waals surface area contributed by atoms with Crippen LogP contribution >= 0.6 is 22.9 Å². The highest BCUT2D eigenvalue weighted by atomic mass is 35.5. The van der Waals surface area contributed by atoms with E-state index in [9.17, 15) is 14.7 Å². The quantitative estimate of drug-likeness (QED) is 0.802. The zero-order valence-electron chi connectivity index (χ0n) is 11.2. The number of aliphatic hydroxyl groups excluding tert-OH is 1. The Labute approximate surface area is 130 Å². The van der Waals surface area contributed by atoms with Gasteiger partial charge in [0.05, 0.1) is 16.6 Å². The number of pyridine rings is 1. The third-order valence-corrected chi connectivity index (χ3v) is 4.05. The van der Waals surface area contributed by atoms with Crippen LogP contribution in [0.5, 0.6) is 0 Å². The fraction of sp³-hybridized carbons (Fsp3) is 0.231. The number of anilines is 1. The highest BCUT2D eigenvalue weighted by molar-refractivity contribution is 7.16. The van der Waals surface area contributed by atoms with Gasteiger partial charge in [0.15, 0.2) is 0 Å². The summed E-state index contributed by atoms with van der Waals surface area (Å²) in [4.78, 5) is 23.6. The Morgan fingerprint density at radius 3 is 2.81 bits per heavy atom. The van der Waals surface area contributed by atoms with Crippen molar-refractivity contribution < 1.29 is 9.90 Å². The fourth-order valence-electron chi connectivity index (χ4n) is 1.64. The maximum absolute atomic E-state index is 11.7. The Morgan fingerprint density at radius 1 is 1.43 bits per heavy atom. The lowest BCUT2D eigenvalue weighted by atomic mass is 10.3. The predicted molar refractivity (Wildman–Crippen MR) is 83.0 cm³/mol. The minimum absolute atomic E-state index is 0.0639. The van der Waals surface area contributed by atoms with E-state index in [2.05, 4.69) is 10.6 Å². The van der Waals surface area contributed by atoms with Crippen molar-refractivity contribution in [2.45, 2.75) is 6.10 Å². The van der Waals surface area contributed by atoms with Crippen molar-refractivity contribution >= 4 is 34.7 Å². The van der Waals surface area contributed by atoms with Crippen molar-refractivity contribution in [3.05, 3.63) is 50.0 Å². The molecule has 0 saturated carbocycles. The Balaban J connectivity index is 1.87. The molecule has 2 rings (SSSR count). The molecule has 3 N–H and O–H groups in total. The topological polar surface area (TPSA) is 83.4 Å². The summed E-state index contributed by atoms with van der Waals surface area (Å²) < 4.78 is 1.94. The van der Waals surface area contributed by atoms with E-state index < -0.39 is 12.1 Å². The molecule has 2 amide bonds. The second-order valence-corrected chi connectivity index (χ2v) is 6.11. The number of nitrogens with zero attached hydrogens (tertiary/aromatic N) is 1. The van der Waals surface area contributed by atoms with E-state index in [-0.39, 0.29) is 12.1 Å². The number of carbonyl (C=O) groups excluding carboxylic acids is 1. The van der Waals surface area contributed by atoms with Crippen LogP contribution in [0.3, 0.4) is 0 Å². The Bertz CT molecular complexity index is 698. The number of thiophene rings is 1. The molecule has 0 radical (unpaired) electrons. The highest BCUT2D eigenvalue weighted by Gasteiger charge is 2.11. The number of hydrogen-bond acceptors (Lipinski definition) is 4. The van der Waals surface area contributed by atoms with Gasteiger partial charge in [-0.2, -0.15) is 0 Å². The first kappa shape index (κ1) is 15.6. The van der Waals surface area contributed by atoms with Crippen LogP contribution in [0.15, 0.2) is 35.3 Å². The largest absolute Gasteiger partial charge is 0.386 e. The summed E-state index contributed by atoms with van der Waals surface area (Å²) in [5, 5.41) is 15.0. The van der Waals surface area contributed by atoms with E-state index in [1.54, 1.807) is 19.2 Å². The fourth-order valence-corrected chi connectivity index (χ4v) is 2.69. The summed E-state index contributed by atoms with van der Waals surface area (Å²) in [7, 11) is 1.59. The summed E-state index contributed by atoms with van der Waals surface area (Å²) in [5.41, 5.74) is 0.328. The van der Waals surface area contributed by atoms with E-state index in [1.807, 2.05) is 0 Å². The van der Waals surface area contributed by atoms with E-state index >= 15 is 0 Å². The van der Waals surface area contributed by atoms with Crippen molar-refractivity contribution in [3.8, 4) is 0 Å². The minimum Gasteiger partial charge on any atom is -0.386 e. The third-order valence-electron chi connectivity index (χ3n) is 2.72. The summed E-state index contributed by atoms with van der Waals surface area (Å²) in [6.45, 7) is 0.0639. The van der Waals surface area contributed by atoms with Gasteiger partial charge in [0, 0.05) is 24.2 Å². The third kappa shape index (κ3) is 4.32. The van der Waals surface area contributed by atoms with Crippen LogP contribution in [-0.2, 0) is 7.05 Å². The molecule has 8 heteroatoms. The number of urea groups is 1. The second kappa shape index (κ2) is 6.75. The number of rotatable bonds is 4. The van der Waals surface area contributed by atoms with E-state index in [0.717, 1.165) is 0 Å². The van der Waals surface area contributed by atoms with Gasteiger partial charge in [-0.15, -0.1) is 11.3 Å². The standard InChI is InChI=1S/C13H14ClN3O3S/c1-17-7-8(2-5-12(17)19)16-13(20)15-6-9(18)10-3-4-11(14)21-10/h2-5,7,9,18H,6H2,1H3,(H2,15,16,20). The molecule has 0 saturated heterocycles. The summed E-state index contributed by atoms with van der Waals surface area (Å²) >= 11 is 7.04. The molecule has 0 aliphatic carbocycles. The van der Waals surface area contributed by atoms with Gasteiger partial charge in [0.2, 0.25) is 5.56 Å². The van der Waals surface area contributed by atoms with Gasteiger partial charge in [0.1, 0.15) is 6.10 Å². The molecule has 6 nitrogen and oxygen atoms in total. The molecule has 1 atom stereocenters. The summed E-state index contributed by atoms with van der Waals surface area (Å²) in [6.07, 6.45) is 0.700. The van der Waals surface area contributed by atoms with Gasteiger partial charge in [-0.25, -0.2) is 4.79 Å². The van der Waals surface area contributed by atoms with Gasteiger partial charge < -0.3 is 20.3 Å². The predicted octanol–water partition coefficient (Wildman–Crippen LogP) is 1.96. The average molecular weight is 328 g/mol. The number of aryl methyl sites for hydroxylation is 1. The molecule has 0 aromatic carbocycles. The molecule has 0 aliphatic rings. The van der Waals surface area contributed by atoms with E-state index in [4.69, 9.17) is 11.6 Å². The van der Waals surface area contributed by atoms with Crippen molar-refractivity contribution in [2.75, 3.05) is 11.9 Å². The number of halogens is 1. The normalized spacial score (nSPS) is 12.0. The first-order valence-electron chi connectivity index (χ1n) is 6.10. The van der Waals surface area contributed by atoms with Gasteiger partial charge in [-0.3, -0.25) is 4.79 Å². The first-order chi connectivity index (χ1) is 9.95. The van der Waals surface area contributed by atoms with Crippen LogP contribution in [0, 0.1) is 0 Å². The maximum Gasteiger partial charge on any atom is 0.319 e. The van der Waals surface area contributed by atoms with Crippen LogP contribution in [-0.4, -0.2) is 22.2 Å². The molecule has 0 fully saturated rings. The van der Waals surface area contributed by atoms with Crippen molar-refractivity contribution in [2.24, 2.45) is 7.05 Å². The number of hydrogen-bond donors (Lipinski definition) is 3. The second-order valence-electron chi connectivity index (χ2n) is 4.36. The zero-order chi connectivity index (χ0) is 15.4. The average Bonchev–Trinajstić information content (AvgIpc) is 2.87. The smallest absolute Gasteiger partial charge is 0.319 e. The lowest BCUT2D eigenvalue weighted by Gasteiger charge is -2.11. The van der Waals surface area contributed by atoms with Gasteiger partial charge in [0.25, 0.3) is 0 Å². The number of carbonyl (C=O) groups is 1. The molecule has 21 heavy (non-hydrogen) atoms. The van der Waals surface area contributed by atoms with Crippen LogP contribution in [0.25, 0.3) is 0 Å². The van der Waals surface area contributed by atoms with Crippen LogP contribution < -0.4 is 16.2 Å². The van der Waals surface area contributed by atoms with Gasteiger partial charge in [-0.05, 0) is 18.2 Å². The maximum atomic E-state index is 11.7. The van der Waals surface area contributed by atoms with Crippen LogP contribution in [0.4, 0.5) is 10.5 Å². The Morgan fingerprint density at radius 2 is 2.19 bits per heavy atom. The minimum atomic E-state index is -0.812. The molecular formula is C13H14ClN3O3S. The Kier molecular flexibility index (Phi) is 5.00. The molecule has 0 bridgehead atoms. The lowest BCUT2D eigenvalue weighted by Crippen LogP contribution is -2.32. The number of nitrogens with one attached hydrogen (secondary N) is 2. The molecule has 2 aromatic heterocycles. The number of amides is 2. The lowest BCUT2D eigenvalue weighted by molar-refractivity contribution is 0.178. The van der Waals surface area contributed by atoms with Crippen molar-refractivity contribution in [1.29, 1.82) is 0 Å². The molecule has 112 valence electrons. The Hall–Kier alpha value is -1.83. The van der Waals surface area contributed by atoms with E-state index in [1.165, 1.54) is 34.2 Å². The molecule has 0 spiro atoms. The molecule has 2 heterocycles. The molecule has 1 unspecified atom stereocenters.